The fraction of sp³-hybridized carbons (Fsp3) is 0.500. The van der Waals surface area contributed by atoms with Gasteiger partial charge in [-0.25, -0.2) is 0 Å². The van der Waals surface area contributed by atoms with Gasteiger partial charge in [0.25, 0.3) is 11.6 Å². The van der Waals surface area contributed by atoms with Crippen molar-refractivity contribution >= 4 is 23.2 Å². The zero-order chi connectivity index (χ0) is 18.8. The zero-order valence-corrected chi connectivity index (χ0v) is 14.4. The van der Waals surface area contributed by atoms with Crippen molar-refractivity contribution < 1.29 is 19.2 Å². The Kier molecular flexibility index (Phi) is 5.27. The van der Waals surface area contributed by atoms with E-state index >= 15 is 0 Å². The predicted molar refractivity (Wildman–Crippen MR) is 91.4 cm³/mol. The number of nitrogens with zero attached hydrogens (tertiary/aromatic N) is 2. The molecule has 0 radical (unpaired) electrons. The highest BCUT2D eigenvalue weighted by Crippen LogP contribution is 2.35. The molecule has 1 aliphatic rings. The molecule has 2 amide bonds. The Morgan fingerprint density at radius 2 is 2.20 bits per heavy atom. The highest BCUT2D eigenvalue weighted by molar-refractivity contribution is 6.02. The first-order valence-corrected chi connectivity index (χ1v) is 7.90. The standard InChI is InChI=1S/C16H22N4O5/c1-10(2)16(3,9-17)18-14(21)7-19-12-6-11(20(23)24)4-5-13(12)25-8-15(19)22/h4-6,10H,7-9,17H2,1-3H3,(H,18,21). The monoisotopic (exact) mass is 350 g/mol. The van der Waals surface area contributed by atoms with Gasteiger partial charge >= 0.3 is 0 Å². The summed E-state index contributed by atoms with van der Waals surface area (Å²) >= 11 is 0. The minimum atomic E-state index is -0.613. The average molecular weight is 350 g/mol. The zero-order valence-electron chi connectivity index (χ0n) is 14.4. The molecule has 9 nitrogen and oxygen atoms in total. The number of hydrogen-bond acceptors (Lipinski definition) is 6. The minimum Gasteiger partial charge on any atom is -0.482 e. The normalized spacial score (nSPS) is 16.0. The Balaban J connectivity index is 2.25. The third kappa shape index (κ3) is 3.87. The topological polar surface area (TPSA) is 128 Å². The van der Waals surface area contributed by atoms with Crippen LogP contribution in [0.15, 0.2) is 18.2 Å². The number of carbonyl (C=O) groups is 2. The van der Waals surface area contributed by atoms with Crippen molar-refractivity contribution in [3.05, 3.63) is 28.3 Å². The predicted octanol–water partition coefficient (Wildman–Crippen LogP) is 0.810. The van der Waals surface area contributed by atoms with Crippen LogP contribution in [0, 0.1) is 16.0 Å². The molecule has 25 heavy (non-hydrogen) atoms. The number of anilines is 1. The molecule has 1 aromatic rings. The van der Waals surface area contributed by atoms with E-state index in [4.69, 9.17) is 10.5 Å². The van der Waals surface area contributed by atoms with Crippen LogP contribution in [0.4, 0.5) is 11.4 Å². The summed E-state index contributed by atoms with van der Waals surface area (Å²) in [6.07, 6.45) is 0. The first-order valence-electron chi connectivity index (χ1n) is 7.90. The van der Waals surface area contributed by atoms with Crippen LogP contribution in [0.1, 0.15) is 20.8 Å². The smallest absolute Gasteiger partial charge is 0.271 e. The van der Waals surface area contributed by atoms with Gasteiger partial charge in [-0.1, -0.05) is 13.8 Å². The van der Waals surface area contributed by atoms with Gasteiger partial charge in [-0.3, -0.25) is 24.6 Å². The van der Waals surface area contributed by atoms with E-state index < -0.39 is 22.3 Å². The highest BCUT2D eigenvalue weighted by atomic mass is 16.6. The van der Waals surface area contributed by atoms with Crippen LogP contribution in [0.3, 0.4) is 0 Å². The van der Waals surface area contributed by atoms with Crippen LogP contribution in [-0.2, 0) is 9.59 Å². The molecule has 1 heterocycles. The van der Waals surface area contributed by atoms with Crippen LogP contribution >= 0.6 is 0 Å². The molecule has 0 spiro atoms. The Morgan fingerprint density at radius 1 is 1.52 bits per heavy atom. The second-order valence-corrected chi connectivity index (χ2v) is 6.50. The maximum absolute atomic E-state index is 12.4. The van der Waals surface area contributed by atoms with Crippen molar-refractivity contribution in [2.75, 3.05) is 24.6 Å². The van der Waals surface area contributed by atoms with Crippen molar-refractivity contribution in [2.24, 2.45) is 11.7 Å². The van der Waals surface area contributed by atoms with Crippen LogP contribution in [-0.4, -0.2) is 42.0 Å². The van der Waals surface area contributed by atoms with E-state index in [1.807, 2.05) is 20.8 Å². The largest absolute Gasteiger partial charge is 0.482 e. The van der Waals surface area contributed by atoms with E-state index in [0.717, 1.165) is 0 Å². The molecule has 3 N–H and O–H groups in total. The van der Waals surface area contributed by atoms with E-state index in [-0.39, 0.29) is 37.0 Å². The number of rotatable bonds is 6. The van der Waals surface area contributed by atoms with Gasteiger partial charge < -0.3 is 15.8 Å². The molecule has 0 bridgehead atoms. The third-order valence-corrected chi connectivity index (χ3v) is 4.52. The summed E-state index contributed by atoms with van der Waals surface area (Å²) in [5.41, 5.74) is 5.17. The van der Waals surface area contributed by atoms with Gasteiger partial charge in [-0.15, -0.1) is 0 Å². The van der Waals surface area contributed by atoms with Gasteiger partial charge in [0.2, 0.25) is 5.91 Å². The summed E-state index contributed by atoms with van der Waals surface area (Å²) in [6, 6.07) is 3.93. The molecular formula is C16H22N4O5. The number of carbonyl (C=O) groups excluding carboxylic acids is 2. The number of nitro benzene ring substituents is 1. The molecule has 0 saturated heterocycles. The third-order valence-electron chi connectivity index (χ3n) is 4.52. The Morgan fingerprint density at radius 3 is 2.76 bits per heavy atom. The van der Waals surface area contributed by atoms with Gasteiger partial charge in [0.05, 0.1) is 16.1 Å². The summed E-state index contributed by atoms with van der Waals surface area (Å²) in [4.78, 5) is 36.2. The quantitative estimate of drug-likeness (QED) is 0.577. The summed E-state index contributed by atoms with van der Waals surface area (Å²) in [7, 11) is 0. The number of ether oxygens (including phenoxy) is 1. The number of nitrogens with two attached hydrogens (primary N) is 1. The highest BCUT2D eigenvalue weighted by Gasteiger charge is 2.32. The van der Waals surface area contributed by atoms with Crippen LogP contribution < -0.4 is 20.7 Å². The molecule has 2 rings (SSSR count). The van der Waals surface area contributed by atoms with Crippen molar-refractivity contribution in [1.29, 1.82) is 0 Å². The number of non-ortho nitro benzene ring substituents is 1. The number of amides is 2. The summed E-state index contributed by atoms with van der Waals surface area (Å²) in [5.74, 6) is -0.421. The lowest BCUT2D eigenvalue weighted by atomic mass is 9.88. The summed E-state index contributed by atoms with van der Waals surface area (Å²) in [6.45, 7) is 5.46. The molecule has 1 aliphatic heterocycles. The second-order valence-electron chi connectivity index (χ2n) is 6.50. The SMILES string of the molecule is CC(C)C(C)(CN)NC(=O)CN1C(=O)COc2ccc([N+](=O)[O-])cc21. The van der Waals surface area contributed by atoms with Gasteiger partial charge in [0, 0.05) is 18.7 Å². The molecule has 1 aromatic carbocycles. The second kappa shape index (κ2) is 7.06. The molecule has 0 saturated carbocycles. The number of benzene rings is 1. The van der Waals surface area contributed by atoms with Crippen LogP contribution in [0.5, 0.6) is 5.75 Å². The van der Waals surface area contributed by atoms with Gasteiger partial charge in [-0.05, 0) is 18.9 Å². The molecule has 9 heteroatoms. The first kappa shape index (κ1) is 18.7. The van der Waals surface area contributed by atoms with Gasteiger partial charge in [-0.2, -0.15) is 0 Å². The Hall–Kier alpha value is -2.68. The van der Waals surface area contributed by atoms with Crippen molar-refractivity contribution in [3.63, 3.8) is 0 Å². The molecule has 0 aliphatic carbocycles. The fourth-order valence-corrected chi connectivity index (χ4v) is 2.41. The minimum absolute atomic E-state index is 0.0928. The van der Waals surface area contributed by atoms with E-state index in [9.17, 15) is 19.7 Å². The van der Waals surface area contributed by atoms with Crippen LogP contribution in [0.25, 0.3) is 0 Å². The number of fused-ring (bicyclic) bond motifs is 1. The molecule has 0 aromatic heterocycles. The van der Waals surface area contributed by atoms with E-state index in [1.54, 1.807) is 0 Å². The van der Waals surface area contributed by atoms with Crippen molar-refractivity contribution in [1.82, 2.24) is 5.32 Å². The number of nitro groups is 1. The van der Waals surface area contributed by atoms with Gasteiger partial charge in [0.15, 0.2) is 6.61 Å². The molecular weight excluding hydrogens is 328 g/mol. The maximum Gasteiger partial charge on any atom is 0.271 e. The lowest BCUT2D eigenvalue weighted by Crippen LogP contribution is -2.57. The van der Waals surface area contributed by atoms with E-state index in [1.165, 1.54) is 23.1 Å². The number of hydrogen-bond donors (Lipinski definition) is 2. The van der Waals surface area contributed by atoms with Gasteiger partial charge in [0.1, 0.15) is 12.3 Å². The molecule has 1 atom stereocenters. The lowest BCUT2D eigenvalue weighted by molar-refractivity contribution is -0.384. The molecule has 1 unspecified atom stereocenters. The van der Waals surface area contributed by atoms with Crippen molar-refractivity contribution in [3.8, 4) is 5.75 Å². The maximum atomic E-state index is 12.4. The summed E-state index contributed by atoms with van der Waals surface area (Å²) < 4.78 is 5.28. The van der Waals surface area contributed by atoms with E-state index in [0.29, 0.717) is 5.75 Å². The van der Waals surface area contributed by atoms with Crippen molar-refractivity contribution in [2.45, 2.75) is 26.3 Å². The summed E-state index contributed by atoms with van der Waals surface area (Å²) in [5, 5.41) is 13.8. The molecule has 136 valence electrons. The fourth-order valence-electron chi connectivity index (χ4n) is 2.41. The van der Waals surface area contributed by atoms with Crippen LogP contribution in [0.2, 0.25) is 0 Å². The lowest BCUT2D eigenvalue weighted by Gasteiger charge is -2.35. The Bertz CT molecular complexity index is 706. The molecule has 0 fully saturated rings. The Labute approximate surface area is 145 Å². The first-order chi connectivity index (χ1) is 11.7. The number of nitrogens with one attached hydrogen (secondary N) is 1. The average Bonchev–Trinajstić information content (AvgIpc) is 2.56. The van der Waals surface area contributed by atoms with E-state index in [2.05, 4.69) is 5.32 Å².